The van der Waals surface area contributed by atoms with Gasteiger partial charge < -0.3 is 10.2 Å². The van der Waals surface area contributed by atoms with E-state index in [4.69, 9.17) is 0 Å². The molecule has 1 N–H and O–H groups in total. The number of hydrogen-bond acceptors (Lipinski definition) is 5. The Bertz CT molecular complexity index is 1050. The van der Waals surface area contributed by atoms with Crippen LogP contribution in [0.2, 0.25) is 0 Å². The highest BCUT2D eigenvalue weighted by atomic mass is 32.2. The molecule has 0 spiro atoms. The summed E-state index contributed by atoms with van der Waals surface area (Å²) in [6, 6.07) is 12.3. The molecule has 0 saturated heterocycles. The Hall–Kier alpha value is -2.36. The Morgan fingerprint density at radius 3 is 2.66 bits per heavy atom. The van der Waals surface area contributed by atoms with E-state index in [1.807, 2.05) is 24.3 Å². The zero-order chi connectivity index (χ0) is 21.2. The molecule has 7 nitrogen and oxygen atoms in total. The van der Waals surface area contributed by atoms with Gasteiger partial charge in [0.15, 0.2) is 0 Å². The van der Waals surface area contributed by atoms with Gasteiger partial charge in [0.2, 0.25) is 21.8 Å². The molecule has 1 aliphatic rings. The SMILES string of the molecule is Cc1ccc(S(=O)(=O)N(C)C)cc1NC(=O)CCN1C(=O)CSc2ccccc21. The summed E-state index contributed by atoms with van der Waals surface area (Å²) in [6.45, 7) is 2.06. The zero-order valence-corrected chi connectivity index (χ0v) is 18.1. The van der Waals surface area contributed by atoms with E-state index in [2.05, 4.69) is 5.32 Å². The van der Waals surface area contributed by atoms with Crippen molar-refractivity contribution in [3.8, 4) is 0 Å². The Morgan fingerprint density at radius 2 is 1.93 bits per heavy atom. The molecule has 2 aromatic rings. The third kappa shape index (κ3) is 4.63. The number of sulfonamides is 1. The second-order valence-electron chi connectivity index (χ2n) is 6.86. The second kappa shape index (κ2) is 8.56. The van der Waals surface area contributed by atoms with Crippen LogP contribution in [0.5, 0.6) is 0 Å². The van der Waals surface area contributed by atoms with Crippen molar-refractivity contribution in [3.05, 3.63) is 48.0 Å². The second-order valence-corrected chi connectivity index (χ2v) is 10.0. The highest BCUT2D eigenvalue weighted by Gasteiger charge is 2.25. The Kier molecular flexibility index (Phi) is 6.30. The molecule has 0 aromatic heterocycles. The Balaban J connectivity index is 1.71. The number of rotatable bonds is 6. The number of hydrogen-bond donors (Lipinski definition) is 1. The number of amides is 2. The first-order valence-corrected chi connectivity index (χ1v) is 11.5. The van der Waals surface area contributed by atoms with Gasteiger partial charge in [0.05, 0.1) is 16.3 Å². The lowest BCUT2D eigenvalue weighted by atomic mass is 10.2. The van der Waals surface area contributed by atoms with E-state index in [0.717, 1.165) is 20.5 Å². The number of fused-ring (bicyclic) bond motifs is 1. The van der Waals surface area contributed by atoms with Crippen LogP contribution in [0.1, 0.15) is 12.0 Å². The molecular weight excluding hydrogens is 410 g/mol. The van der Waals surface area contributed by atoms with Crippen LogP contribution >= 0.6 is 11.8 Å². The van der Waals surface area contributed by atoms with Gasteiger partial charge in [-0.2, -0.15) is 0 Å². The van der Waals surface area contributed by atoms with Crippen molar-refractivity contribution in [2.75, 3.05) is 36.6 Å². The van der Waals surface area contributed by atoms with Gasteiger partial charge in [0, 0.05) is 37.6 Å². The Labute approximate surface area is 175 Å². The van der Waals surface area contributed by atoms with Crippen molar-refractivity contribution >= 4 is 45.0 Å². The predicted octanol–water partition coefficient (Wildman–Crippen LogP) is 2.71. The highest BCUT2D eigenvalue weighted by molar-refractivity contribution is 8.00. The number of nitrogens with zero attached hydrogens (tertiary/aromatic N) is 2. The molecule has 0 saturated carbocycles. The summed E-state index contributed by atoms with van der Waals surface area (Å²) in [6.07, 6.45) is 0.106. The van der Waals surface area contributed by atoms with E-state index < -0.39 is 10.0 Å². The van der Waals surface area contributed by atoms with Gasteiger partial charge in [-0.1, -0.05) is 18.2 Å². The van der Waals surface area contributed by atoms with Gasteiger partial charge in [0.25, 0.3) is 0 Å². The third-order valence-corrected chi connectivity index (χ3v) is 7.49. The molecular formula is C20H23N3O4S2. The van der Waals surface area contributed by atoms with Crippen LogP contribution in [0.25, 0.3) is 0 Å². The fourth-order valence-electron chi connectivity index (χ4n) is 2.93. The summed E-state index contributed by atoms with van der Waals surface area (Å²) in [5.41, 5.74) is 2.02. The summed E-state index contributed by atoms with van der Waals surface area (Å²) in [7, 11) is -0.680. The van der Waals surface area contributed by atoms with E-state index in [9.17, 15) is 18.0 Å². The van der Waals surface area contributed by atoms with Crippen molar-refractivity contribution in [1.29, 1.82) is 0 Å². The minimum atomic E-state index is -3.60. The lowest BCUT2D eigenvalue weighted by molar-refractivity contribution is -0.117. The van der Waals surface area contributed by atoms with Crippen molar-refractivity contribution in [2.45, 2.75) is 23.1 Å². The maximum absolute atomic E-state index is 12.5. The van der Waals surface area contributed by atoms with E-state index in [-0.39, 0.29) is 29.7 Å². The summed E-state index contributed by atoms with van der Waals surface area (Å²) in [5, 5.41) is 2.77. The first kappa shape index (κ1) is 21.4. The van der Waals surface area contributed by atoms with Crippen LogP contribution in [0.3, 0.4) is 0 Å². The normalized spacial score (nSPS) is 14.1. The van der Waals surface area contributed by atoms with Crippen LogP contribution in [0, 0.1) is 6.92 Å². The van der Waals surface area contributed by atoms with Crippen molar-refractivity contribution < 1.29 is 18.0 Å². The van der Waals surface area contributed by atoms with Crippen LogP contribution in [-0.4, -0.2) is 50.9 Å². The molecule has 0 unspecified atom stereocenters. The molecule has 3 rings (SSSR count). The molecule has 2 aromatic carbocycles. The topological polar surface area (TPSA) is 86.8 Å². The van der Waals surface area contributed by atoms with E-state index in [1.165, 1.54) is 38.0 Å². The average molecular weight is 434 g/mol. The smallest absolute Gasteiger partial charge is 0.242 e. The lowest BCUT2D eigenvalue weighted by Gasteiger charge is -2.28. The number of carbonyl (C=O) groups excluding carboxylic acids is 2. The van der Waals surface area contributed by atoms with Gasteiger partial charge >= 0.3 is 0 Å². The Morgan fingerprint density at radius 1 is 1.21 bits per heavy atom. The number of thioether (sulfide) groups is 1. The molecule has 2 amide bonds. The number of benzene rings is 2. The fraction of sp³-hybridized carbons (Fsp3) is 0.300. The average Bonchev–Trinajstić information content (AvgIpc) is 2.68. The summed E-state index contributed by atoms with van der Waals surface area (Å²) < 4.78 is 25.8. The number of para-hydroxylation sites is 1. The number of nitrogens with one attached hydrogen (secondary N) is 1. The molecule has 0 bridgehead atoms. The van der Waals surface area contributed by atoms with Gasteiger partial charge in [-0.15, -0.1) is 11.8 Å². The van der Waals surface area contributed by atoms with Crippen LogP contribution < -0.4 is 10.2 Å². The van der Waals surface area contributed by atoms with Crippen molar-refractivity contribution in [3.63, 3.8) is 0 Å². The maximum atomic E-state index is 12.5. The first-order chi connectivity index (χ1) is 13.7. The minimum absolute atomic E-state index is 0.0308. The van der Waals surface area contributed by atoms with Gasteiger partial charge in [-0.25, -0.2) is 12.7 Å². The van der Waals surface area contributed by atoms with Gasteiger partial charge in [-0.3, -0.25) is 9.59 Å². The lowest BCUT2D eigenvalue weighted by Crippen LogP contribution is -2.37. The molecule has 0 radical (unpaired) electrons. The van der Waals surface area contributed by atoms with Crippen molar-refractivity contribution in [1.82, 2.24) is 4.31 Å². The maximum Gasteiger partial charge on any atom is 0.242 e. The number of anilines is 2. The quantitative estimate of drug-likeness (QED) is 0.757. The fourth-order valence-corrected chi connectivity index (χ4v) is 4.80. The molecule has 29 heavy (non-hydrogen) atoms. The van der Waals surface area contributed by atoms with Crippen molar-refractivity contribution in [2.24, 2.45) is 0 Å². The summed E-state index contributed by atoms with van der Waals surface area (Å²) >= 11 is 1.49. The molecule has 154 valence electrons. The van der Waals surface area contributed by atoms with E-state index in [1.54, 1.807) is 17.9 Å². The molecule has 1 aliphatic heterocycles. The molecule has 9 heteroatoms. The zero-order valence-electron chi connectivity index (χ0n) is 16.5. The predicted molar refractivity (Wildman–Crippen MR) is 115 cm³/mol. The number of aryl methyl sites for hydroxylation is 1. The summed E-state index contributed by atoms with van der Waals surface area (Å²) in [5.74, 6) is 0.0371. The monoisotopic (exact) mass is 433 g/mol. The van der Waals surface area contributed by atoms with Crippen LogP contribution in [0.4, 0.5) is 11.4 Å². The molecule has 1 heterocycles. The van der Waals surface area contributed by atoms with Crippen LogP contribution in [0.15, 0.2) is 52.3 Å². The number of carbonyl (C=O) groups is 2. The van der Waals surface area contributed by atoms with Gasteiger partial charge in [-0.05, 0) is 36.8 Å². The molecule has 0 aliphatic carbocycles. The molecule has 0 atom stereocenters. The molecule has 0 fully saturated rings. The van der Waals surface area contributed by atoms with Crippen LogP contribution in [-0.2, 0) is 19.6 Å². The summed E-state index contributed by atoms with van der Waals surface area (Å²) in [4.78, 5) is 27.6. The minimum Gasteiger partial charge on any atom is -0.326 e. The standard InChI is InChI=1S/C20H23N3O4S2/c1-14-8-9-15(29(26,27)22(2)3)12-16(14)21-19(24)10-11-23-17-6-4-5-7-18(17)28-13-20(23)25/h4-9,12H,10-11,13H2,1-3H3,(H,21,24). The highest BCUT2D eigenvalue weighted by Crippen LogP contribution is 2.35. The van der Waals surface area contributed by atoms with E-state index in [0.29, 0.717) is 11.4 Å². The first-order valence-electron chi connectivity index (χ1n) is 9.05. The third-order valence-electron chi connectivity index (χ3n) is 4.63. The largest absolute Gasteiger partial charge is 0.326 e. The van der Waals surface area contributed by atoms with E-state index >= 15 is 0 Å². The van der Waals surface area contributed by atoms with Gasteiger partial charge in [0.1, 0.15) is 0 Å².